The van der Waals surface area contributed by atoms with E-state index in [9.17, 15) is 14.7 Å². The van der Waals surface area contributed by atoms with Crippen molar-refractivity contribution in [2.24, 2.45) is 23.7 Å². The van der Waals surface area contributed by atoms with Gasteiger partial charge in [0.2, 0.25) is 5.91 Å². The van der Waals surface area contributed by atoms with Crippen molar-refractivity contribution < 1.29 is 14.7 Å². The first-order chi connectivity index (χ1) is 11.5. The zero-order valence-corrected chi connectivity index (χ0v) is 14.1. The first kappa shape index (κ1) is 14.8. The van der Waals surface area contributed by atoms with Gasteiger partial charge in [0.15, 0.2) is 0 Å². The molecule has 3 saturated carbocycles. The predicted molar refractivity (Wildman–Crippen MR) is 88.8 cm³/mol. The fourth-order valence-corrected chi connectivity index (χ4v) is 5.24. The minimum atomic E-state index is -1.00. The lowest BCUT2D eigenvalue weighted by molar-refractivity contribution is -0.150. The highest BCUT2D eigenvalue weighted by Crippen LogP contribution is 2.62. The molecule has 0 aromatic heterocycles. The van der Waals surface area contributed by atoms with E-state index in [0.717, 1.165) is 37.1 Å². The van der Waals surface area contributed by atoms with E-state index in [4.69, 9.17) is 11.6 Å². The molecule has 3 fully saturated rings. The Morgan fingerprint density at radius 1 is 1.17 bits per heavy atom. The van der Waals surface area contributed by atoms with Crippen LogP contribution >= 0.6 is 11.6 Å². The molecule has 4 nitrogen and oxygen atoms in total. The summed E-state index contributed by atoms with van der Waals surface area (Å²) in [7, 11) is 0. The molecular formula is C19H20ClNO3. The number of rotatable bonds is 5. The molecule has 0 radical (unpaired) electrons. The molecule has 3 unspecified atom stereocenters. The van der Waals surface area contributed by atoms with Crippen LogP contribution in [0, 0.1) is 23.7 Å². The third kappa shape index (κ3) is 1.98. The van der Waals surface area contributed by atoms with E-state index in [2.05, 4.69) is 5.32 Å². The van der Waals surface area contributed by atoms with Crippen LogP contribution < -0.4 is 5.32 Å². The number of hydrogen-bond acceptors (Lipinski definition) is 2. The molecule has 0 heterocycles. The second-order valence-electron chi connectivity index (χ2n) is 7.97. The third-order valence-electron chi connectivity index (χ3n) is 6.52. The molecule has 24 heavy (non-hydrogen) atoms. The normalized spacial score (nSPS) is 30.5. The summed E-state index contributed by atoms with van der Waals surface area (Å²) < 4.78 is 0. The van der Waals surface area contributed by atoms with E-state index in [1.165, 1.54) is 11.1 Å². The van der Waals surface area contributed by atoms with Gasteiger partial charge in [0.25, 0.3) is 0 Å². The van der Waals surface area contributed by atoms with Gasteiger partial charge in [0.1, 0.15) is 5.54 Å². The molecule has 1 amide bonds. The van der Waals surface area contributed by atoms with Crippen molar-refractivity contribution in [1.29, 1.82) is 0 Å². The number of carboxylic acid groups (broad SMARTS) is 1. The van der Waals surface area contributed by atoms with Crippen molar-refractivity contribution in [2.75, 3.05) is 0 Å². The molecule has 4 aliphatic carbocycles. The van der Waals surface area contributed by atoms with Gasteiger partial charge in [-0.15, -0.1) is 0 Å². The largest absolute Gasteiger partial charge is 0.479 e. The van der Waals surface area contributed by atoms with Gasteiger partial charge in [0, 0.05) is 10.9 Å². The lowest BCUT2D eigenvalue weighted by Gasteiger charge is -2.31. The Balaban J connectivity index is 1.37. The summed E-state index contributed by atoms with van der Waals surface area (Å²) in [4.78, 5) is 24.9. The van der Waals surface area contributed by atoms with Gasteiger partial charge in [-0.2, -0.15) is 0 Å². The van der Waals surface area contributed by atoms with Crippen LogP contribution in [0.1, 0.15) is 42.7 Å². The fourth-order valence-electron chi connectivity index (χ4n) is 5.04. The molecule has 0 spiro atoms. The summed E-state index contributed by atoms with van der Waals surface area (Å²) in [6, 6.07) is 5.90. The van der Waals surface area contributed by atoms with E-state index in [-0.39, 0.29) is 29.6 Å². The first-order valence-electron chi connectivity index (χ1n) is 8.86. The Labute approximate surface area is 145 Å². The number of carboxylic acids is 1. The van der Waals surface area contributed by atoms with E-state index >= 15 is 0 Å². The molecule has 0 bridgehead atoms. The quantitative estimate of drug-likeness (QED) is 0.862. The molecule has 1 aromatic carbocycles. The molecule has 0 saturated heterocycles. The maximum absolute atomic E-state index is 12.9. The number of benzene rings is 1. The van der Waals surface area contributed by atoms with Crippen molar-refractivity contribution in [3.8, 4) is 0 Å². The molecule has 1 aromatic rings. The molecule has 126 valence electrons. The highest BCUT2D eigenvalue weighted by molar-refractivity contribution is 6.30. The van der Waals surface area contributed by atoms with Gasteiger partial charge in [-0.25, -0.2) is 4.79 Å². The number of carbonyl (C=O) groups excluding carboxylic acids is 1. The van der Waals surface area contributed by atoms with Gasteiger partial charge in [0.05, 0.1) is 0 Å². The molecule has 4 aliphatic rings. The van der Waals surface area contributed by atoms with Crippen molar-refractivity contribution in [3.63, 3.8) is 0 Å². The summed E-state index contributed by atoms with van der Waals surface area (Å²) >= 11 is 6.05. The number of hydrogen-bond donors (Lipinski definition) is 2. The summed E-state index contributed by atoms with van der Waals surface area (Å²) in [6.07, 6.45) is 4.55. The van der Waals surface area contributed by atoms with E-state index < -0.39 is 11.5 Å². The summed E-state index contributed by atoms with van der Waals surface area (Å²) in [6.45, 7) is 0. The highest BCUT2D eigenvalue weighted by atomic mass is 35.5. The monoisotopic (exact) mass is 345 g/mol. The smallest absolute Gasteiger partial charge is 0.329 e. The first-order valence-corrected chi connectivity index (χ1v) is 9.24. The van der Waals surface area contributed by atoms with Gasteiger partial charge < -0.3 is 10.4 Å². The molecular weight excluding hydrogens is 326 g/mol. The SMILES string of the molecule is O=C(NC(C(=O)O)(C1CC1)C1CC1)C1C2Cc3cc(Cl)ccc3C21. The minimum Gasteiger partial charge on any atom is -0.479 e. The fraction of sp³-hybridized carbons (Fsp3) is 0.579. The number of carbonyl (C=O) groups is 2. The number of halogens is 1. The summed E-state index contributed by atoms with van der Waals surface area (Å²) in [5.74, 6) is -0.127. The van der Waals surface area contributed by atoms with Crippen molar-refractivity contribution >= 4 is 23.5 Å². The highest BCUT2D eigenvalue weighted by Gasteiger charge is 2.64. The Kier molecular flexibility index (Phi) is 2.92. The Morgan fingerprint density at radius 2 is 1.83 bits per heavy atom. The van der Waals surface area contributed by atoms with Crippen molar-refractivity contribution in [1.82, 2.24) is 5.32 Å². The number of nitrogens with one attached hydrogen (secondary N) is 1. The molecule has 5 rings (SSSR count). The van der Waals surface area contributed by atoms with Gasteiger partial charge >= 0.3 is 5.97 Å². The summed E-state index contributed by atoms with van der Waals surface area (Å²) in [5.41, 5.74) is 1.47. The van der Waals surface area contributed by atoms with Gasteiger partial charge in [-0.1, -0.05) is 17.7 Å². The predicted octanol–water partition coefficient (Wildman–Crippen LogP) is 2.99. The number of amides is 1. The zero-order chi connectivity index (χ0) is 16.6. The van der Waals surface area contributed by atoms with Crippen LogP contribution in [0.3, 0.4) is 0 Å². The van der Waals surface area contributed by atoms with E-state index in [1.54, 1.807) is 0 Å². The van der Waals surface area contributed by atoms with Crippen LogP contribution in [0.15, 0.2) is 18.2 Å². The Hall–Kier alpha value is -1.55. The number of fused-ring (bicyclic) bond motifs is 3. The Bertz CT molecular complexity index is 741. The van der Waals surface area contributed by atoms with Crippen LogP contribution in [0.4, 0.5) is 0 Å². The average molecular weight is 346 g/mol. The minimum absolute atomic E-state index is 0.0493. The standard InChI is InChI=1S/C19H20ClNO3/c20-12-5-6-13-9(7-12)8-14-15(13)16(14)17(22)21-19(18(23)24,10-1-2-10)11-3-4-11/h5-7,10-11,14-16H,1-4,8H2,(H,21,22)(H,23,24). The van der Waals surface area contributed by atoms with E-state index in [1.807, 2.05) is 18.2 Å². The van der Waals surface area contributed by atoms with Crippen LogP contribution in [0.25, 0.3) is 0 Å². The van der Waals surface area contributed by atoms with Gasteiger partial charge in [-0.3, -0.25) is 4.79 Å². The van der Waals surface area contributed by atoms with Crippen molar-refractivity contribution in [3.05, 3.63) is 34.3 Å². The van der Waals surface area contributed by atoms with Gasteiger partial charge in [-0.05, 0) is 79.0 Å². The van der Waals surface area contributed by atoms with E-state index in [0.29, 0.717) is 5.92 Å². The molecule has 3 atom stereocenters. The molecule has 0 aliphatic heterocycles. The maximum atomic E-state index is 12.9. The third-order valence-corrected chi connectivity index (χ3v) is 6.75. The van der Waals surface area contributed by atoms with Crippen molar-refractivity contribution in [2.45, 2.75) is 43.6 Å². The second-order valence-corrected chi connectivity index (χ2v) is 8.41. The van der Waals surface area contributed by atoms with Crippen LogP contribution in [0.5, 0.6) is 0 Å². The van der Waals surface area contributed by atoms with Crippen LogP contribution in [0.2, 0.25) is 5.02 Å². The lowest BCUT2D eigenvalue weighted by Crippen LogP contribution is -2.58. The summed E-state index contributed by atoms with van der Waals surface area (Å²) in [5, 5.41) is 13.6. The number of aliphatic carboxylic acids is 1. The van der Waals surface area contributed by atoms with Crippen LogP contribution in [-0.4, -0.2) is 22.5 Å². The zero-order valence-electron chi connectivity index (χ0n) is 13.3. The maximum Gasteiger partial charge on any atom is 0.329 e. The molecule has 2 N–H and O–H groups in total. The lowest BCUT2D eigenvalue weighted by atomic mass is 9.86. The second kappa shape index (κ2) is 4.75. The Morgan fingerprint density at radius 3 is 2.42 bits per heavy atom. The average Bonchev–Trinajstić information content (AvgIpc) is 3.40. The molecule has 5 heteroatoms. The topological polar surface area (TPSA) is 66.4 Å². The van der Waals surface area contributed by atoms with Crippen LogP contribution in [-0.2, 0) is 16.0 Å².